The van der Waals surface area contributed by atoms with Crippen LogP contribution < -0.4 is 0 Å². The summed E-state index contributed by atoms with van der Waals surface area (Å²) in [5.41, 5.74) is 0. The molecule has 0 saturated heterocycles. The SMILES string of the molecule is CCCCO.CCCCO.CCCCO.CCCCO.[In]. The van der Waals surface area contributed by atoms with Crippen molar-refractivity contribution in [3.05, 3.63) is 0 Å². The van der Waals surface area contributed by atoms with E-state index in [0.29, 0.717) is 26.4 Å². The summed E-state index contributed by atoms with van der Waals surface area (Å²) in [5, 5.41) is 32.3. The Labute approximate surface area is 151 Å². The van der Waals surface area contributed by atoms with Gasteiger partial charge in [-0.1, -0.05) is 53.4 Å². The summed E-state index contributed by atoms with van der Waals surface area (Å²) < 4.78 is 0. The molecule has 0 saturated carbocycles. The molecule has 0 aromatic carbocycles. The van der Waals surface area contributed by atoms with E-state index in [1.165, 1.54) is 0 Å². The first-order valence-electron chi connectivity index (χ1n) is 8.09. The van der Waals surface area contributed by atoms with Gasteiger partial charge in [0.05, 0.1) is 0 Å². The summed E-state index contributed by atoms with van der Waals surface area (Å²) in [7, 11) is 0. The Balaban J connectivity index is -0.0000000533. The molecule has 4 nitrogen and oxygen atoms in total. The van der Waals surface area contributed by atoms with Gasteiger partial charge in [0, 0.05) is 52.3 Å². The summed E-state index contributed by atoms with van der Waals surface area (Å²) in [6.07, 6.45) is 8.15. The zero-order chi connectivity index (χ0) is 16.5. The van der Waals surface area contributed by atoms with Crippen molar-refractivity contribution >= 4 is 25.8 Å². The van der Waals surface area contributed by atoms with E-state index in [1.54, 1.807) is 0 Å². The fourth-order valence-electron chi connectivity index (χ4n) is 0.632. The third kappa shape index (κ3) is 95.6. The van der Waals surface area contributed by atoms with Crippen LogP contribution in [0.1, 0.15) is 79.1 Å². The van der Waals surface area contributed by atoms with Crippen LogP contribution in [0.25, 0.3) is 0 Å². The Morgan fingerprint density at radius 1 is 0.429 bits per heavy atom. The molecule has 0 aromatic rings. The van der Waals surface area contributed by atoms with Gasteiger partial charge in [-0.15, -0.1) is 0 Å². The summed E-state index contributed by atoms with van der Waals surface area (Å²) in [6, 6.07) is 0. The normalized spacial score (nSPS) is 8.00. The molecule has 0 aromatic heterocycles. The molecule has 4 N–H and O–H groups in total. The average molecular weight is 411 g/mol. The molecule has 0 spiro atoms. The quantitative estimate of drug-likeness (QED) is 0.495. The van der Waals surface area contributed by atoms with E-state index in [1.807, 2.05) is 0 Å². The Kier molecular flexibility index (Phi) is 79.1. The van der Waals surface area contributed by atoms with Crippen molar-refractivity contribution in [3.8, 4) is 0 Å². The number of aliphatic hydroxyl groups is 4. The number of unbranched alkanes of at least 4 members (excludes halogenated alkanes) is 4. The third-order valence-corrected chi connectivity index (χ3v) is 2.05. The van der Waals surface area contributed by atoms with Gasteiger partial charge in [0.2, 0.25) is 0 Å². The number of hydrogen-bond donors (Lipinski definition) is 4. The predicted molar refractivity (Wildman–Crippen MR) is 93.7 cm³/mol. The van der Waals surface area contributed by atoms with Crippen LogP contribution in [0.4, 0.5) is 0 Å². The smallest absolute Gasteiger partial charge is 0.0430 e. The Bertz CT molecular complexity index is 74.3. The number of rotatable bonds is 8. The van der Waals surface area contributed by atoms with Gasteiger partial charge in [0.15, 0.2) is 0 Å². The second-order valence-electron chi connectivity index (χ2n) is 4.31. The molecule has 0 amide bonds. The van der Waals surface area contributed by atoms with Gasteiger partial charge in [-0.05, 0) is 25.7 Å². The Hall–Kier alpha value is 0.710. The van der Waals surface area contributed by atoms with Crippen LogP contribution in [0, 0.1) is 0 Å². The minimum atomic E-state index is 0. The Morgan fingerprint density at radius 2 is 0.571 bits per heavy atom. The summed E-state index contributed by atoms with van der Waals surface area (Å²) in [6.45, 7) is 9.58. The van der Waals surface area contributed by atoms with Gasteiger partial charge in [-0.25, -0.2) is 0 Å². The van der Waals surface area contributed by atoms with E-state index < -0.39 is 0 Å². The van der Waals surface area contributed by atoms with E-state index in [4.69, 9.17) is 20.4 Å². The molecule has 0 aliphatic rings. The zero-order valence-corrected chi connectivity index (χ0v) is 18.1. The topological polar surface area (TPSA) is 80.9 Å². The van der Waals surface area contributed by atoms with Crippen molar-refractivity contribution in [2.45, 2.75) is 79.1 Å². The molecule has 21 heavy (non-hydrogen) atoms. The molecule has 0 fully saturated rings. The van der Waals surface area contributed by atoms with Crippen LogP contribution in [0.2, 0.25) is 0 Å². The van der Waals surface area contributed by atoms with Crippen LogP contribution in [-0.4, -0.2) is 72.7 Å². The number of hydrogen-bond acceptors (Lipinski definition) is 4. The fraction of sp³-hybridized carbons (Fsp3) is 1.00. The molecule has 3 radical (unpaired) electrons. The second kappa shape index (κ2) is 49.8. The van der Waals surface area contributed by atoms with Crippen LogP contribution in [-0.2, 0) is 0 Å². The minimum Gasteiger partial charge on any atom is -0.396 e. The third-order valence-electron chi connectivity index (χ3n) is 2.05. The van der Waals surface area contributed by atoms with Crippen molar-refractivity contribution in [1.82, 2.24) is 0 Å². The Morgan fingerprint density at radius 3 is 0.571 bits per heavy atom. The summed E-state index contributed by atoms with van der Waals surface area (Å²) >= 11 is 0. The van der Waals surface area contributed by atoms with Crippen molar-refractivity contribution in [3.63, 3.8) is 0 Å². The van der Waals surface area contributed by atoms with Crippen molar-refractivity contribution < 1.29 is 20.4 Å². The molecule has 0 unspecified atom stereocenters. The van der Waals surface area contributed by atoms with Gasteiger partial charge in [0.1, 0.15) is 0 Å². The molecule has 131 valence electrons. The standard InChI is InChI=1S/4C4H10O.In/c4*1-2-3-4-5;/h4*5H,2-4H2,1H3;. The average Bonchev–Trinajstić information content (AvgIpc) is 2.44. The second-order valence-corrected chi connectivity index (χ2v) is 4.31. The maximum absolute atomic E-state index is 8.07. The first kappa shape index (κ1) is 33.3. The van der Waals surface area contributed by atoms with Crippen LogP contribution in [0.5, 0.6) is 0 Å². The van der Waals surface area contributed by atoms with Crippen molar-refractivity contribution in [2.24, 2.45) is 0 Å². The molecule has 0 bridgehead atoms. The van der Waals surface area contributed by atoms with Gasteiger partial charge >= 0.3 is 0 Å². The number of aliphatic hydroxyl groups excluding tert-OH is 4. The fourth-order valence-corrected chi connectivity index (χ4v) is 0.632. The van der Waals surface area contributed by atoms with Crippen molar-refractivity contribution in [2.75, 3.05) is 26.4 Å². The van der Waals surface area contributed by atoms with E-state index in [2.05, 4.69) is 27.7 Å². The van der Waals surface area contributed by atoms with E-state index in [9.17, 15) is 0 Å². The molecule has 0 rings (SSSR count). The molecular formula is C16H40InO4. The largest absolute Gasteiger partial charge is 0.396 e. The van der Waals surface area contributed by atoms with Crippen LogP contribution in [0.15, 0.2) is 0 Å². The first-order valence-corrected chi connectivity index (χ1v) is 8.09. The van der Waals surface area contributed by atoms with Crippen molar-refractivity contribution in [1.29, 1.82) is 0 Å². The zero-order valence-electron chi connectivity index (χ0n) is 14.9. The molecule has 5 heteroatoms. The first-order chi connectivity index (χ1) is 9.66. The molecular weight excluding hydrogens is 371 g/mol. The maximum Gasteiger partial charge on any atom is 0.0430 e. The van der Waals surface area contributed by atoms with Gasteiger partial charge in [0.25, 0.3) is 0 Å². The van der Waals surface area contributed by atoms with Crippen LogP contribution in [0.3, 0.4) is 0 Å². The summed E-state index contributed by atoms with van der Waals surface area (Å²) in [5.74, 6) is 0. The maximum atomic E-state index is 8.07. The molecule has 0 heterocycles. The molecule has 0 aliphatic carbocycles. The van der Waals surface area contributed by atoms with Gasteiger partial charge in [-0.3, -0.25) is 0 Å². The van der Waals surface area contributed by atoms with Gasteiger partial charge < -0.3 is 20.4 Å². The molecule has 0 aliphatic heterocycles. The molecule has 0 atom stereocenters. The predicted octanol–water partition coefficient (Wildman–Crippen LogP) is 2.73. The van der Waals surface area contributed by atoms with E-state index >= 15 is 0 Å². The van der Waals surface area contributed by atoms with Gasteiger partial charge in [-0.2, -0.15) is 0 Å². The van der Waals surface area contributed by atoms with E-state index in [-0.39, 0.29) is 25.8 Å². The summed E-state index contributed by atoms with van der Waals surface area (Å²) in [4.78, 5) is 0. The minimum absolute atomic E-state index is 0. The monoisotopic (exact) mass is 411 g/mol. The van der Waals surface area contributed by atoms with E-state index in [0.717, 1.165) is 51.4 Å². The van der Waals surface area contributed by atoms with Crippen LogP contribution >= 0.6 is 0 Å².